The number of ether oxygens (including phenoxy) is 1. The van der Waals surface area contributed by atoms with Crippen LogP contribution < -0.4 is 0 Å². The van der Waals surface area contributed by atoms with Crippen LogP contribution in [0.15, 0.2) is 18.2 Å². The fourth-order valence-corrected chi connectivity index (χ4v) is 2.94. The molecule has 1 aromatic rings. The quantitative estimate of drug-likeness (QED) is 0.803. The number of aryl methyl sites for hydroxylation is 2. The Kier molecular flexibility index (Phi) is 5.58. The van der Waals surface area contributed by atoms with Crippen LogP contribution in [0.1, 0.15) is 36.5 Å². The smallest absolute Gasteiger partial charge is 0.309 e. The fourth-order valence-electron chi connectivity index (χ4n) is 2.94. The number of nitrogens with zero attached hydrogens (tertiary/aromatic N) is 1. The summed E-state index contributed by atoms with van der Waals surface area (Å²) in [7, 11) is 0. The Morgan fingerprint density at radius 3 is 2.50 bits per heavy atom. The zero-order valence-electron chi connectivity index (χ0n) is 13.7. The molecule has 1 aliphatic rings. The highest BCUT2D eigenvalue weighted by Crippen LogP contribution is 2.20. The lowest BCUT2D eigenvalue weighted by atomic mass is 9.96. The zero-order chi connectivity index (χ0) is 16.1. The molecule has 0 atom stereocenters. The number of rotatable bonds is 4. The molecule has 4 nitrogen and oxygen atoms in total. The van der Waals surface area contributed by atoms with Crippen molar-refractivity contribution in [2.24, 2.45) is 5.92 Å². The van der Waals surface area contributed by atoms with Crippen molar-refractivity contribution in [2.45, 2.75) is 40.0 Å². The van der Waals surface area contributed by atoms with Crippen molar-refractivity contribution in [3.05, 3.63) is 34.9 Å². The van der Waals surface area contributed by atoms with Gasteiger partial charge in [-0.25, -0.2) is 0 Å². The Labute approximate surface area is 132 Å². The molecule has 1 fully saturated rings. The van der Waals surface area contributed by atoms with Crippen LogP contribution in [0.4, 0.5) is 0 Å². The summed E-state index contributed by atoms with van der Waals surface area (Å²) in [4.78, 5) is 26.0. The second-order valence-electron chi connectivity index (χ2n) is 6.01. The highest BCUT2D eigenvalue weighted by molar-refractivity contribution is 5.80. The summed E-state index contributed by atoms with van der Waals surface area (Å²) >= 11 is 0. The SMILES string of the molecule is CCOC(=O)C1CCN(C(=O)Cc2ccc(C)cc2C)CC1. The van der Waals surface area contributed by atoms with Gasteiger partial charge in [-0.05, 0) is 44.7 Å². The minimum absolute atomic E-state index is 0.0508. The maximum absolute atomic E-state index is 12.4. The van der Waals surface area contributed by atoms with Crippen LogP contribution in [-0.2, 0) is 20.7 Å². The first-order valence-corrected chi connectivity index (χ1v) is 8.01. The van der Waals surface area contributed by atoms with Crippen LogP contribution in [-0.4, -0.2) is 36.5 Å². The number of likely N-dealkylation sites (tertiary alicyclic amines) is 1. The predicted molar refractivity (Wildman–Crippen MR) is 85.6 cm³/mol. The Morgan fingerprint density at radius 1 is 1.23 bits per heavy atom. The van der Waals surface area contributed by atoms with E-state index in [-0.39, 0.29) is 17.8 Å². The molecule has 0 spiro atoms. The minimum Gasteiger partial charge on any atom is -0.466 e. The van der Waals surface area contributed by atoms with E-state index in [9.17, 15) is 9.59 Å². The fraction of sp³-hybridized carbons (Fsp3) is 0.556. The van der Waals surface area contributed by atoms with Gasteiger partial charge in [0.05, 0.1) is 18.9 Å². The van der Waals surface area contributed by atoms with E-state index < -0.39 is 0 Å². The molecule has 0 saturated carbocycles. The molecular formula is C18H25NO3. The Balaban J connectivity index is 1.88. The second kappa shape index (κ2) is 7.43. The number of hydrogen-bond donors (Lipinski definition) is 0. The molecule has 0 bridgehead atoms. The monoisotopic (exact) mass is 303 g/mol. The van der Waals surface area contributed by atoms with Crippen LogP contribution >= 0.6 is 0 Å². The maximum atomic E-state index is 12.4. The van der Waals surface area contributed by atoms with E-state index >= 15 is 0 Å². The summed E-state index contributed by atoms with van der Waals surface area (Å²) in [5, 5.41) is 0. The van der Waals surface area contributed by atoms with E-state index in [1.807, 2.05) is 30.9 Å². The molecule has 2 rings (SSSR count). The lowest BCUT2D eigenvalue weighted by molar-refractivity contribution is -0.151. The highest BCUT2D eigenvalue weighted by atomic mass is 16.5. The van der Waals surface area contributed by atoms with Gasteiger partial charge in [-0.2, -0.15) is 0 Å². The minimum atomic E-state index is -0.121. The van der Waals surface area contributed by atoms with Crippen molar-refractivity contribution in [1.82, 2.24) is 4.90 Å². The third kappa shape index (κ3) is 4.09. The number of piperidine rings is 1. The van der Waals surface area contributed by atoms with E-state index in [4.69, 9.17) is 4.74 Å². The zero-order valence-corrected chi connectivity index (χ0v) is 13.7. The topological polar surface area (TPSA) is 46.6 Å². The Bertz CT molecular complexity index is 545. The standard InChI is InChI=1S/C18H25NO3/c1-4-22-18(21)15-7-9-19(10-8-15)17(20)12-16-6-5-13(2)11-14(16)3/h5-6,11,15H,4,7-10,12H2,1-3H3. The van der Waals surface area contributed by atoms with Gasteiger partial charge in [-0.15, -0.1) is 0 Å². The first-order valence-electron chi connectivity index (χ1n) is 8.01. The van der Waals surface area contributed by atoms with Crippen LogP contribution in [0.3, 0.4) is 0 Å². The number of carbonyl (C=O) groups is 2. The van der Waals surface area contributed by atoms with Crippen molar-refractivity contribution in [3.8, 4) is 0 Å². The number of esters is 1. The molecule has 0 aromatic heterocycles. The van der Waals surface area contributed by atoms with Gasteiger partial charge < -0.3 is 9.64 Å². The number of carbonyl (C=O) groups excluding carboxylic acids is 2. The number of amides is 1. The van der Waals surface area contributed by atoms with Gasteiger partial charge >= 0.3 is 5.97 Å². The summed E-state index contributed by atoms with van der Waals surface area (Å²) in [6.45, 7) is 7.63. The summed E-state index contributed by atoms with van der Waals surface area (Å²) in [6.07, 6.45) is 1.85. The van der Waals surface area contributed by atoms with Gasteiger partial charge in [0, 0.05) is 13.1 Å². The molecule has 0 aliphatic carbocycles. The lowest BCUT2D eigenvalue weighted by Crippen LogP contribution is -2.41. The van der Waals surface area contributed by atoms with Crippen molar-refractivity contribution < 1.29 is 14.3 Å². The van der Waals surface area contributed by atoms with E-state index in [1.165, 1.54) is 5.56 Å². The van der Waals surface area contributed by atoms with Crippen LogP contribution in [0.5, 0.6) is 0 Å². The molecule has 1 heterocycles. The van der Waals surface area contributed by atoms with Gasteiger partial charge in [-0.3, -0.25) is 9.59 Å². The van der Waals surface area contributed by atoms with Gasteiger partial charge in [0.1, 0.15) is 0 Å². The summed E-state index contributed by atoms with van der Waals surface area (Å²) in [6, 6.07) is 6.19. The summed E-state index contributed by atoms with van der Waals surface area (Å²) in [5.41, 5.74) is 3.46. The molecule has 1 amide bonds. The molecule has 1 aromatic carbocycles. The van der Waals surface area contributed by atoms with Crippen molar-refractivity contribution in [2.75, 3.05) is 19.7 Å². The third-order valence-corrected chi connectivity index (χ3v) is 4.31. The van der Waals surface area contributed by atoms with Gasteiger partial charge in [0.25, 0.3) is 0 Å². The summed E-state index contributed by atoms with van der Waals surface area (Å²) < 4.78 is 5.06. The van der Waals surface area contributed by atoms with Crippen LogP contribution in [0.2, 0.25) is 0 Å². The van der Waals surface area contributed by atoms with Gasteiger partial charge in [0.15, 0.2) is 0 Å². The Hall–Kier alpha value is -1.84. The average Bonchev–Trinajstić information content (AvgIpc) is 2.50. The van der Waals surface area contributed by atoms with E-state index in [0.29, 0.717) is 39.0 Å². The normalized spacial score (nSPS) is 15.7. The van der Waals surface area contributed by atoms with Crippen molar-refractivity contribution in [3.63, 3.8) is 0 Å². The molecule has 0 radical (unpaired) electrons. The molecule has 1 aliphatic heterocycles. The molecule has 0 N–H and O–H groups in total. The van der Waals surface area contributed by atoms with Crippen molar-refractivity contribution >= 4 is 11.9 Å². The number of hydrogen-bond acceptors (Lipinski definition) is 3. The second-order valence-corrected chi connectivity index (χ2v) is 6.01. The third-order valence-electron chi connectivity index (χ3n) is 4.31. The van der Waals surface area contributed by atoms with Gasteiger partial charge in [0.2, 0.25) is 5.91 Å². The Morgan fingerprint density at radius 2 is 1.91 bits per heavy atom. The van der Waals surface area contributed by atoms with E-state index in [1.54, 1.807) is 0 Å². The molecular weight excluding hydrogens is 278 g/mol. The molecule has 120 valence electrons. The predicted octanol–water partition coefficient (Wildman–Crippen LogP) is 2.65. The molecule has 0 unspecified atom stereocenters. The largest absolute Gasteiger partial charge is 0.466 e. The average molecular weight is 303 g/mol. The van der Waals surface area contributed by atoms with E-state index in [2.05, 4.69) is 13.0 Å². The molecule has 4 heteroatoms. The summed E-state index contributed by atoms with van der Waals surface area (Å²) in [5.74, 6) is -0.0247. The van der Waals surface area contributed by atoms with Crippen LogP contribution in [0, 0.1) is 19.8 Å². The molecule has 1 saturated heterocycles. The highest BCUT2D eigenvalue weighted by Gasteiger charge is 2.28. The van der Waals surface area contributed by atoms with Crippen LogP contribution in [0.25, 0.3) is 0 Å². The van der Waals surface area contributed by atoms with Gasteiger partial charge in [-0.1, -0.05) is 23.8 Å². The lowest BCUT2D eigenvalue weighted by Gasteiger charge is -2.31. The maximum Gasteiger partial charge on any atom is 0.309 e. The number of benzene rings is 1. The molecule has 22 heavy (non-hydrogen) atoms. The van der Waals surface area contributed by atoms with Crippen molar-refractivity contribution in [1.29, 1.82) is 0 Å². The van der Waals surface area contributed by atoms with E-state index in [0.717, 1.165) is 11.1 Å². The first kappa shape index (κ1) is 16.5. The first-order chi connectivity index (χ1) is 10.5.